The molecule has 1 saturated carbocycles. The number of amides is 1. The van der Waals surface area contributed by atoms with E-state index < -0.39 is 5.54 Å². The van der Waals surface area contributed by atoms with Crippen molar-refractivity contribution in [3.8, 4) is 6.07 Å². The van der Waals surface area contributed by atoms with Crippen molar-refractivity contribution in [2.75, 3.05) is 26.2 Å². The molecular weight excluding hydrogens is 262 g/mol. The lowest BCUT2D eigenvalue weighted by Gasteiger charge is -2.40. The average molecular weight is 291 g/mol. The molecule has 21 heavy (non-hydrogen) atoms. The number of carbonyl (C=O) groups excluding carboxylic acids is 1. The standard InChI is InChI=1S/C17H29N3O/c1-17(2,14-18)20-11-9-19(10-12-20)16(21)13-15-7-5-3-4-6-8-15/h15H,3-13H2,1-2H3. The van der Waals surface area contributed by atoms with Gasteiger partial charge in [-0.2, -0.15) is 5.26 Å². The number of rotatable bonds is 3. The summed E-state index contributed by atoms with van der Waals surface area (Å²) in [5.74, 6) is 0.935. The van der Waals surface area contributed by atoms with Crippen LogP contribution in [0.2, 0.25) is 0 Å². The highest BCUT2D eigenvalue weighted by atomic mass is 16.2. The van der Waals surface area contributed by atoms with Crippen molar-refractivity contribution < 1.29 is 4.79 Å². The molecule has 0 aromatic rings. The second-order valence-corrected chi connectivity index (χ2v) is 7.10. The first-order valence-corrected chi connectivity index (χ1v) is 8.47. The largest absolute Gasteiger partial charge is 0.340 e. The van der Waals surface area contributed by atoms with Gasteiger partial charge in [0.15, 0.2) is 0 Å². The molecule has 4 nitrogen and oxygen atoms in total. The van der Waals surface area contributed by atoms with Crippen molar-refractivity contribution in [3.63, 3.8) is 0 Å². The molecule has 2 rings (SSSR count). The van der Waals surface area contributed by atoms with Crippen molar-refractivity contribution >= 4 is 5.91 Å². The molecule has 2 aliphatic rings. The Bertz CT molecular complexity index is 383. The maximum Gasteiger partial charge on any atom is 0.222 e. The van der Waals surface area contributed by atoms with Gasteiger partial charge in [0.05, 0.1) is 6.07 Å². The molecule has 118 valence electrons. The Balaban J connectivity index is 1.79. The van der Waals surface area contributed by atoms with E-state index in [-0.39, 0.29) is 0 Å². The molecule has 4 heteroatoms. The molecule has 0 unspecified atom stereocenters. The zero-order valence-corrected chi connectivity index (χ0v) is 13.6. The van der Waals surface area contributed by atoms with E-state index in [4.69, 9.17) is 0 Å². The molecule has 0 aromatic heterocycles. The third-order valence-electron chi connectivity index (χ3n) is 5.13. The Labute approximate surface area is 129 Å². The van der Waals surface area contributed by atoms with Crippen molar-refractivity contribution in [1.82, 2.24) is 9.80 Å². The summed E-state index contributed by atoms with van der Waals surface area (Å²) in [7, 11) is 0. The Morgan fingerprint density at radius 1 is 1.10 bits per heavy atom. The van der Waals surface area contributed by atoms with Crippen LogP contribution in [0.15, 0.2) is 0 Å². The fourth-order valence-corrected chi connectivity index (χ4v) is 3.53. The van der Waals surface area contributed by atoms with Gasteiger partial charge in [0.25, 0.3) is 0 Å². The fourth-order valence-electron chi connectivity index (χ4n) is 3.53. The molecule has 0 bridgehead atoms. The molecule has 0 radical (unpaired) electrons. The minimum Gasteiger partial charge on any atom is -0.340 e. The van der Waals surface area contributed by atoms with Gasteiger partial charge in [0, 0.05) is 32.6 Å². The molecule has 0 spiro atoms. The Morgan fingerprint density at radius 2 is 1.67 bits per heavy atom. The predicted octanol–water partition coefficient (Wildman–Crippen LogP) is 2.79. The van der Waals surface area contributed by atoms with E-state index in [0.29, 0.717) is 11.8 Å². The van der Waals surface area contributed by atoms with Gasteiger partial charge < -0.3 is 4.90 Å². The van der Waals surface area contributed by atoms with Crippen LogP contribution < -0.4 is 0 Å². The first-order valence-electron chi connectivity index (χ1n) is 8.47. The maximum atomic E-state index is 12.4. The molecule has 0 aromatic carbocycles. The molecule has 2 fully saturated rings. The lowest BCUT2D eigenvalue weighted by atomic mass is 9.95. The summed E-state index contributed by atoms with van der Waals surface area (Å²) in [5, 5.41) is 9.19. The van der Waals surface area contributed by atoms with Gasteiger partial charge in [-0.1, -0.05) is 25.7 Å². The van der Waals surface area contributed by atoms with E-state index in [1.165, 1.54) is 38.5 Å². The topological polar surface area (TPSA) is 47.3 Å². The van der Waals surface area contributed by atoms with Gasteiger partial charge in [0.1, 0.15) is 5.54 Å². The highest BCUT2D eigenvalue weighted by Crippen LogP contribution is 2.26. The quantitative estimate of drug-likeness (QED) is 0.751. The number of carbonyl (C=O) groups is 1. The van der Waals surface area contributed by atoms with Crippen molar-refractivity contribution in [2.45, 2.75) is 64.3 Å². The van der Waals surface area contributed by atoms with Gasteiger partial charge >= 0.3 is 0 Å². The molecule has 0 N–H and O–H groups in total. The van der Waals surface area contributed by atoms with Crippen LogP contribution in [0.3, 0.4) is 0 Å². The van der Waals surface area contributed by atoms with E-state index in [1.807, 2.05) is 18.7 Å². The number of nitrogens with zero attached hydrogens (tertiary/aromatic N) is 3. The Morgan fingerprint density at radius 3 is 2.19 bits per heavy atom. The van der Waals surface area contributed by atoms with E-state index in [2.05, 4.69) is 11.0 Å². The SMILES string of the molecule is CC(C)(C#N)N1CCN(C(=O)CC2CCCCCC2)CC1. The molecule has 0 atom stereocenters. The van der Waals surface area contributed by atoms with Crippen molar-refractivity contribution in [2.24, 2.45) is 5.92 Å². The van der Waals surface area contributed by atoms with E-state index >= 15 is 0 Å². The lowest BCUT2D eigenvalue weighted by molar-refractivity contribution is -0.134. The smallest absolute Gasteiger partial charge is 0.222 e. The monoisotopic (exact) mass is 291 g/mol. The second kappa shape index (κ2) is 7.26. The molecule has 1 saturated heterocycles. The summed E-state index contributed by atoms with van der Waals surface area (Å²) in [6.07, 6.45) is 8.46. The molecule has 1 aliphatic heterocycles. The second-order valence-electron chi connectivity index (χ2n) is 7.10. The van der Waals surface area contributed by atoms with Crippen LogP contribution >= 0.6 is 0 Å². The summed E-state index contributed by atoms with van der Waals surface area (Å²) in [6.45, 7) is 7.09. The van der Waals surface area contributed by atoms with Crippen molar-refractivity contribution in [1.29, 1.82) is 5.26 Å². The Hall–Kier alpha value is -1.08. The van der Waals surface area contributed by atoms with Gasteiger partial charge in [-0.3, -0.25) is 9.69 Å². The summed E-state index contributed by atoms with van der Waals surface area (Å²) < 4.78 is 0. The predicted molar refractivity (Wildman–Crippen MR) is 83.7 cm³/mol. The van der Waals surface area contributed by atoms with Crippen LogP contribution in [-0.2, 0) is 4.79 Å². The van der Waals surface area contributed by atoms with E-state index in [1.54, 1.807) is 0 Å². The fraction of sp³-hybridized carbons (Fsp3) is 0.882. The normalized spacial score (nSPS) is 22.6. The van der Waals surface area contributed by atoms with Crippen molar-refractivity contribution in [3.05, 3.63) is 0 Å². The number of piperazine rings is 1. The zero-order valence-electron chi connectivity index (χ0n) is 13.6. The highest BCUT2D eigenvalue weighted by molar-refractivity contribution is 5.76. The van der Waals surface area contributed by atoms with Crippen LogP contribution in [0.25, 0.3) is 0 Å². The van der Waals surface area contributed by atoms with E-state index in [0.717, 1.165) is 32.6 Å². The Kier molecular flexibility index (Phi) is 5.64. The minimum absolute atomic E-state index is 0.330. The van der Waals surface area contributed by atoms with Crippen LogP contribution in [-0.4, -0.2) is 47.4 Å². The summed E-state index contributed by atoms with van der Waals surface area (Å²) in [6, 6.07) is 2.35. The van der Waals surface area contributed by atoms with Crippen LogP contribution in [0, 0.1) is 17.2 Å². The van der Waals surface area contributed by atoms with Gasteiger partial charge in [-0.25, -0.2) is 0 Å². The van der Waals surface area contributed by atoms with Gasteiger partial charge in [-0.15, -0.1) is 0 Å². The molecular formula is C17H29N3O. The van der Waals surface area contributed by atoms with Crippen LogP contribution in [0.5, 0.6) is 0 Å². The van der Waals surface area contributed by atoms with Crippen LogP contribution in [0.1, 0.15) is 58.8 Å². The van der Waals surface area contributed by atoms with Crippen LogP contribution in [0.4, 0.5) is 0 Å². The van der Waals surface area contributed by atoms with E-state index in [9.17, 15) is 10.1 Å². The lowest BCUT2D eigenvalue weighted by Crippen LogP contribution is -2.55. The zero-order chi connectivity index (χ0) is 15.3. The first-order chi connectivity index (χ1) is 10.0. The third kappa shape index (κ3) is 4.44. The summed E-state index contributed by atoms with van der Waals surface area (Å²) in [5.41, 5.74) is -0.420. The minimum atomic E-state index is -0.420. The molecule has 1 amide bonds. The maximum absolute atomic E-state index is 12.4. The number of nitriles is 1. The number of hydrogen-bond donors (Lipinski definition) is 0. The van der Waals surface area contributed by atoms with Gasteiger partial charge in [0.2, 0.25) is 5.91 Å². The molecule has 1 heterocycles. The molecule has 1 aliphatic carbocycles. The number of hydrogen-bond acceptors (Lipinski definition) is 3. The first kappa shape index (κ1) is 16.3. The summed E-state index contributed by atoms with van der Waals surface area (Å²) in [4.78, 5) is 16.6. The average Bonchev–Trinajstić information content (AvgIpc) is 2.76. The van der Waals surface area contributed by atoms with Gasteiger partial charge in [-0.05, 0) is 32.6 Å². The third-order valence-corrected chi connectivity index (χ3v) is 5.13. The summed E-state index contributed by atoms with van der Waals surface area (Å²) >= 11 is 0. The highest BCUT2D eigenvalue weighted by Gasteiger charge is 2.31.